The van der Waals surface area contributed by atoms with Crippen molar-refractivity contribution in [3.63, 3.8) is 0 Å². The molecule has 1 aromatic carbocycles. The number of hydrogen-bond acceptors (Lipinski definition) is 4. The van der Waals surface area contributed by atoms with E-state index in [4.69, 9.17) is 23.4 Å². The van der Waals surface area contributed by atoms with Crippen molar-refractivity contribution in [2.24, 2.45) is 5.92 Å². The average molecular weight is 418 g/mol. The standard InChI is InChI=1S/C20H21Cl2N5O/c1-12(2)10-23-16-9-18(21)25-27-17(11-24-19(16)27)13-3-5-14(6-4-13)20(28)26(22)15-7-8-15/h3-6,9,11-12,15,23H,7-8,10H2,1-2H3. The minimum absolute atomic E-state index is 0.163. The van der Waals surface area contributed by atoms with Crippen LogP contribution in [0.4, 0.5) is 5.69 Å². The van der Waals surface area contributed by atoms with E-state index in [9.17, 15) is 4.79 Å². The number of carbonyl (C=O) groups is 1. The van der Waals surface area contributed by atoms with Crippen LogP contribution < -0.4 is 5.32 Å². The Morgan fingerprint density at radius 3 is 2.68 bits per heavy atom. The molecular formula is C20H21Cl2N5O. The average Bonchev–Trinajstić information content (AvgIpc) is 3.45. The van der Waals surface area contributed by atoms with Crippen LogP contribution in [-0.4, -0.2) is 37.5 Å². The fourth-order valence-electron chi connectivity index (χ4n) is 2.95. The van der Waals surface area contributed by atoms with Crippen LogP contribution in [0.2, 0.25) is 5.15 Å². The molecule has 8 heteroatoms. The zero-order valence-electron chi connectivity index (χ0n) is 15.7. The van der Waals surface area contributed by atoms with Crippen molar-refractivity contribution in [3.05, 3.63) is 47.2 Å². The molecule has 0 atom stereocenters. The van der Waals surface area contributed by atoms with E-state index in [0.717, 1.165) is 36.3 Å². The van der Waals surface area contributed by atoms with Gasteiger partial charge in [-0.2, -0.15) is 5.10 Å². The normalized spacial score (nSPS) is 13.9. The summed E-state index contributed by atoms with van der Waals surface area (Å²) in [5, 5.41) is 8.15. The molecule has 1 fully saturated rings. The number of fused-ring (bicyclic) bond motifs is 1. The lowest BCUT2D eigenvalue weighted by molar-refractivity contribution is 0.0857. The summed E-state index contributed by atoms with van der Waals surface area (Å²) in [6, 6.07) is 9.24. The summed E-state index contributed by atoms with van der Waals surface area (Å²) in [6.07, 6.45) is 3.69. The zero-order chi connectivity index (χ0) is 19.8. The van der Waals surface area contributed by atoms with Crippen molar-refractivity contribution in [1.29, 1.82) is 0 Å². The largest absolute Gasteiger partial charge is 0.382 e. The molecule has 0 spiro atoms. The third-order valence-corrected chi connectivity index (χ3v) is 5.24. The van der Waals surface area contributed by atoms with Gasteiger partial charge in [0.15, 0.2) is 10.8 Å². The number of rotatable bonds is 6. The van der Waals surface area contributed by atoms with Gasteiger partial charge in [0, 0.05) is 41.6 Å². The Labute approximate surface area is 173 Å². The molecule has 146 valence electrons. The predicted molar refractivity (Wildman–Crippen MR) is 112 cm³/mol. The van der Waals surface area contributed by atoms with Crippen LogP contribution in [-0.2, 0) is 0 Å². The smallest absolute Gasteiger partial charge is 0.268 e. The van der Waals surface area contributed by atoms with Crippen molar-refractivity contribution in [3.8, 4) is 11.3 Å². The lowest BCUT2D eigenvalue weighted by Crippen LogP contribution is -2.23. The SMILES string of the molecule is CC(C)CNc1cc(Cl)nn2c(-c3ccc(C(=O)N(Cl)C4CC4)cc3)cnc12. The minimum Gasteiger partial charge on any atom is -0.382 e. The highest BCUT2D eigenvalue weighted by Crippen LogP contribution is 2.30. The first kappa shape index (κ1) is 19.0. The van der Waals surface area contributed by atoms with Gasteiger partial charge in [-0.3, -0.25) is 4.79 Å². The maximum absolute atomic E-state index is 12.4. The molecule has 4 rings (SSSR count). The number of imidazole rings is 1. The van der Waals surface area contributed by atoms with E-state index in [1.54, 1.807) is 28.9 Å². The molecule has 6 nitrogen and oxygen atoms in total. The Morgan fingerprint density at radius 2 is 2.04 bits per heavy atom. The minimum atomic E-state index is -0.171. The quantitative estimate of drug-likeness (QED) is 0.580. The molecule has 1 aliphatic carbocycles. The van der Waals surface area contributed by atoms with Gasteiger partial charge in [-0.25, -0.2) is 13.9 Å². The van der Waals surface area contributed by atoms with Gasteiger partial charge in [0.05, 0.1) is 17.6 Å². The van der Waals surface area contributed by atoms with E-state index in [1.165, 1.54) is 4.42 Å². The van der Waals surface area contributed by atoms with Crippen LogP contribution in [0.3, 0.4) is 0 Å². The summed E-state index contributed by atoms with van der Waals surface area (Å²) in [5.41, 5.74) is 3.80. The summed E-state index contributed by atoms with van der Waals surface area (Å²) < 4.78 is 3.02. The summed E-state index contributed by atoms with van der Waals surface area (Å²) in [4.78, 5) is 16.9. The number of amides is 1. The van der Waals surface area contributed by atoms with E-state index in [2.05, 4.69) is 29.2 Å². The van der Waals surface area contributed by atoms with E-state index in [-0.39, 0.29) is 11.9 Å². The van der Waals surface area contributed by atoms with Gasteiger partial charge in [-0.15, -0.1) is 0 Å². The van der Waals surface area contributed by atoms with E-state index < -0.39 is 0 Å². The van der Waals surface area contributed by atoms with Gasteiger partial charge in [0.2, 0.25) is 0 Å². The van der Waals surface area contributed by atoms with Gasteiger partial charge in [-0.1, -0.05) is 37.6 Å². The summed E-state index contributed by atoms with van der Waals surface area (Å²) >= 11 is 12.3. The van der Waals surface area contributed by atoms with E-state index >= 15 is 0 Å². The molecular weight excluding hydrogens is 397 g/mol. The molecule has 0 unspecified atom stereocenters. The molecule has 2 aromatic heterocycles. The second-order valence-electron chi connectivity index (χ2n) is 7.46. The fourth-order valence-corrected chi connectivity index (χ4v) is 3.43. The van der Waals surface area contributed by atoms with Crippen LogP contribution in [0.1, 0.15) is 37.0 Å². The summed E-state index contributed by atoms with van der Waals surface area (Å²) in [6.45, 7) is 5.08. The van der Waals surface area contributed by atoms with Crippen molar-refractivity contribution in [2.75, 3.05) is 11.9 Å². The first-order valence-electron chi connectivity index (χ1n) is 9.32. The van der Waals surface area contributed by atoms with Crippen LogP contribution in [0.25, 0.3) is 16.9 Å². The van der Waals surface area contributed by atoms with Gasteiger partial charge < -0.3 is 5.32 Å². The molecule has 0 bridgehead atoms. The topological polar surface area (TPSA) is 62.5 Å². The number of anilines is 1. The molecule has 0 aliphatic heterocycles. The number of halogens is 2. The third-order valence-electron chi connectivity index (χ3n) is 4.63. The number of nitrogens with one attached hydrogen (secondary N) is 1. The van der Waals surface area contributed by atoms with Gasteiger partial charge >= 0.3 is 0 Å². The van der Waals surface area contributed by atoms with Crippen LogP contribution in [0.5, 0.6) is 0 Å². The monoisotopic (exact) mass is 417 g/mol. The number of benzene rings is 1. The van der Waals surface area contributed by atoms with E-state index in [1.807, 2.05) is 12.1 Å². The molecule has 0 saturated heterocycles. The molecule has 1 amide bonds. The second kappa shape index (κ2) is 7.60. The Morgan fingerprint density at radius 1 is 1.32 bits per heavy atom. The van der Waals surface area contributed by atoms with Crippen LogP contribution in [0.15, 0.2) is 36.5 Å². The first-order valence-corrected chi connectivity index (χ1v) is 10.0. The van der Waals surface area contributed by atoms with Gasteiger partial charge in [-0.05, 0) is 30.9 Å². The third kappa shape index (κ3) is 3.80. The van der Waals surface area contributed by atoms with Gasteiger partial charge in [0.1, 0.15) is 0 Å². The first-order chi connectivity index (χ1) is 13.4. The highest BCUT2D eigenvalue weighted by molar-refractivity contribution is 6.29. The van der Waals surface area contributed by atoms with Crippen LogP contribution >= 0.6 is 23.4 Å². The molecule has 0 radical (unpaired) electrons. The lowest BCUT2D eigenvalue weighted by atomic mass is 10.1. The predicted octanol–water partition coefficient (Wildman–Crippen LogP) is 4.88. The van der Waals surface area contributed by atoms with Crippen molar-refractivity contribution >= 4 is 40.6 Å². The van der Waals surface area contributed by atoms with Gasteiger partial charge in [0.25, 0.3) is 5.91 Å². The molecule has 1 N–H and O–H groups in total. The molecule has 1 aliphatic rings. The van der Waals surface area contributed by atoms with E-state index in [0.29, 0.717) is 22.3 Å². The van der Waals surface area contributed by atoms with Crippen LogP contribution in [0, 0.1) is 5.92 Å². The molecule has 2 heterocycles. The Hall–Kier alpha value is -2.31. The Balaban J connectivity index is 1.64. The number of carbonyl (C=O) groups excluding carboxylic acids is 1. The number of hydrogen-bond donors (Lipinski definition) is 1. The zero-order valence-corrected chi connectivity index (χ0v) is 17.2. The second-order valence-corrected chi connectivity index (χ2v) is 8.21. The maximum atomic E-state index is 12.4. The number of aromatic nitrogens is 3. The molecule has 28 heavy (non-hydrogen) atoms. The molecule has 1 saturated carbocycles. The summed E-state index contributed by atoms with van der Waals surface area (Å²) in [5.74, 6) is 0.318. The Bertz CT molecular complexity index is 1010. The highest BCUT2D eigenvalue weighted by Gasteiger charge is 2.32. The maximum Gasteiger partial charge on any atom is 0.268 e. The van der Waals surface area contributed by atoms with Crippen molar-refractivity contribution < 1.29 is 4.79 Å². The van der Waals surface area contributed by atoms with Crippen molar-refractivity contribution in [1.82, 2.24) is 19.0 Å². The number of nitrogens with zero attached hydrogens (tertiary/aromatic N) is 4. The lowest BCUT2D eigenvalue weighted by Gasteiger charge is -2.13. The summed E-state index contributed by atoms with van der Waals surface area (Å²) in [7, 11) is 0. The van der Waals surface area contributed by atoms with Crippen molar-refractivity contribution in [2.45, 2.75) is 32.7 Å². The molecule has 3 aromatic rings. The highest BCUT2D eigenvalue weighted by atomic mass is 35.5. The Kier molecular flexibility index (Phi) is 5.17. The fraction of sp³-hybridized carbons (Fsp3) is 0.350.